The van der Waals surface area contributed by atoms with Gasteiger partial charge in [-0.05, 0) is 54.7 Å². The Hall–Kier alpha value is -7.99. The number of ether oxygens (including phenoxy) is 2. The Bertz CT molecular complexity index is 3160. The molecule has 12 nitrogen and oxygen atoms in total. The first kappa shape index (κ1) is 45.0. The van der Waals surface area contributed by atoms with E-state index in [2.05, 4.69) is 37.6 Å². The number of carbonyl (C=O) groups is 1. The number of para-hydroxylation sites is 1. The molecule has 8 aromatic carbocycles. The summed E-state index contributed by atoms with van der Waals surface area (Å²) in [5, 5.41) is 36.8. The topological polar surface area (TPSA) is 135 Å². The molecule has 0 amide bonds. The molecular weight excluding hydrogens is 993 g/mol. The van der Waals surface area contributed by atoms with E-state index in [-0.39, 0.29) is 44.8 Å². The van der Waals surface area contributed by atoms with Crippen LogP contribution in [0.3, 0.4) is 0 Å². The number of aromatic hydroxyl groups is 1. The van der Waals surface area contributed by atoms with Crippen LogP contribution in [0.5, 0.6) is 17.4 Å². The normalized spacial score (nSPS) is 10.6. The molecule has 0 saturated carbocycles. The average Bonchev–Trinajstić information content (AvgIpc) is 4.06. The monoisotopic (exact) mass is 1040 g/mol. The van der Waals surface area contributed by atoms with Gasteiger partial charge >= 0.3 is 0 Å². The summed E-state index contributed by atoms with van der Waals surface area (Å²) in [6, 6.07) is 59.9. The SMILES string of the molecule is C.COc1c[c-]c(-n2nc3ccccc3n2)c2ccccc12.COc1c[c-]c(-n2nc3ccccc3n2)c2ccccc12.Cc1nn(-c2ccccc2)c(O)c1C(=O)c1ccccc1.[Ir]. The quantitative estimate of drug-likeness (QED) is 0.122. The zero-order valence-corrected chi connectivity index (χ0v) is 37.1. The van der Waals surface area contributed by atoms with Crippen LogP contribution in [-0.2, 0) is 20.1 Å². The largest absolute Gasteiger partial charge is 0.554 e. The van der Waals surface area contributed by atoms with Gasteiger partial charge in [0.2, 0.25) is 5.88 Å². The van der Waals surface area contributed by atoms with E-state index in [9.17, 15) is 9.90 Å². The van der Waals surface area contributed by atoms with Crippen molar-refractivity contribution in [3.8, 4) is 34.4 Å². The second kappa shape index (κ2) is 20.0. The van der Waals surface area contributed by atoms with Gasteiger partial charge in [0.15, 0.2) is 5.78 Å². The second-order valence-electron chi connectivity index (χ2n) is 14.2. The first-order chi connectivity index (χ1) is 30.9. The summed E-state index contributed by atoms with van der Waals surface area (Å²) < 4.78 is 12.2. The molecule has 0 atom stereocenters. The molecule has 0 aliphatic carbocycles. The molecule has 0 bridgehead atoms. The number of hydrogen-bond donors (Lipinski definition) is 1. The van der Waals surface area contributed by atoms with Crippen molar-refractivity contribution in [2.75, 3.05) is 14.2 Å². The predicted octanol–water partition coefficient (Wildman–Crippen LogP) is 10.5. The van der Waals surface area contributed by atoms with Gasteiger partial charge in [0.25, 0.3) is 0 Å². The number of rotatable bonds is 7. The molecule has 0 unspecified atom stereocenters. The summed E-state index contributed by atoms with van der Waals surface area (Å²) in [4.78, 5) is 15.8. The molecule has 0 fully saturated rings. The molecule has 1 N–H and O–H groups in total. The summed E-state index contributed by atoms with van der Waals surface area (Å²) in [6.07, 6.45) is 0. The fourth-order valence-corrected chi connectivity index (χ4v) is 7.24. The average molecular weight is 1040 g/mol. The molecule has 0 spiro atoms. The fraction of sp³-hybridized carbons (Fsp3) is 0.0769. The standard InChI is InChI=1S/2C17H12N3O.C17H14N2O2.CH4.Ir/c2*1-21-17-11-10-16(12-6-2-3-7-13(12)17)20-18-14-8-4-5-9-15(14)19-20;1-12-15(16(20)13-8-4-2-5-9-13)17(21)19(18-12)14-10-6-3-7-11-14;;/h2*2-9,11H,1H3;2-11,21H,1H3;1H4;/q2*-1;;;. The smallest absolute Gasteiger partial charge is 0.225 e. The first-order valence-corrected chi connectivity index (χ1v) is 20.0. The minimum absolute atomic E-state index is 0. The number of aromatic nitrogens is 8. The number of methoxy groups -OCH3 is 2. The third-order valence-corrected chi connectivity index (χ3v) is 10.3. The van der Waals surface area contributed by atoms with Crippen molar-refractivity contribution in [3.05, 3.63) is 199 Å². The van der Waals surface area contributed by atoms with Gasteiger partial charge in [-0.2, -0.15) is 47.2 Å². The van der Waals surface area contributed by atoms with E-state index in [0.29, 0.717) is 16.9 Å². The fourth-order valence-electron chi connectivity index (χ4n) is 7.24. The predicted molar refractivity (Wildman–Crippen MR) is 250 cm³/mol. The summed E-state index contributed by atoms with van der Waals surface area (Å²) >= 11 is 0. The number of hydrogen-bond acceptors (Lipinski definition) is 9. The van der Waals surface area contributed by atoms with E-state index in [4.69, 9.17) is 9.47 Å². The molecule has 0 saturated heterocycles. The van der Waals surface area contributed by atoms with E-state index in [1.165, 1.54) is 4.68 Å². The van der Waals surface area contributed by atoms with Crippen LogP contribution in [0.15, 0.2) is 170 Å². The molecule has 3 heterocycles. The number of benzene rings is 8. The van der Waals surface area contributed by atoms with Crippen molar-refractivity contribution in [2.24, 2.45) is 0 Å². The summed E-state index contributed by atoms with van der Waals surface area (Å²) in [7, 11) is 3.32. The minimum Gasteiger partial charge on any atom is -0.554 e. The molecule has 11 rings (SSSR count). The Morgan fingerprint density at radius 2 is 0.892 bits per heavy atom. The van der Waals surface area contributed by atoms with Crippen LogP contribution >= 0.6 is 0 Å². The van der Waals surface area contributed by atoms with Gasteiger partial charge in [0.1, 0.15) is 27.6 Å². The zero-order valence-electron chi connectivity index (χ0n) is 34.7. The molecule has 13 heteroatoms. The number of aryl methyl sites for hydroxylation is 1. The van der Waals surface area contributed by atoms with Crippen LogP contribution in [0.1, 0.15) is 29.0 Å². The van der Waals surface area contributed by atoms with Gasteiger partial charge in [0, 0.05) is 37.2 Å². The molecule has 65 heavy (non-hydrogen) atoms. The van der Waals surface area contributed by atoms with Gasteiger partial charge in [-0.1, -0.05) is 138 Å². The van der Waals surface area contributed by atoms with Crippen LogP contribution in [0, 0.1) is 19.1 Å². The summed E-state index contributed by atoms with van der Waals surface area (Å²) in [5.41, 5.74) is 7.10. The van der Waals surface area contributed by atoms with Gasteiger partial charge in [0.05, 0.1) is 25.6 Å². The van der Waals surface area contributed by atoms with Crippen LogP contribution in [0.2, 0.25) is 0 Å². The molecular formula is C52H42IrN8O4-2. The third kappa shape index (κ3) is 9.10. The second-order valence-corrected chi connectivity index (χ2v) is 14.2. The molecule has 0 aliphatic rings. The molecule has 3 aromatic heterocycles. The van der Waals surface area contributed by atoms with Gasteiger partial charge in [-0.25, -0.2) is 4.68 Å². The maximum Gasteiger partial charge on any atom is 0.225 e. The van der Waals surface area contributed by atoms with Gasteiger partial charge in [-0.3, -0.25) is 4.79 Å². The van der Waals surface area contributed by atoms with E-state index in [1.54, 1.807) is 55.0 Å². The minimum atomic E-state index is -0.229. The van der Waals surface area contributed by atoms with Gasteiger partial charge in [-0.15, -0.1) is 24.3 Å². The van der Waals surface area contributed by atoms with Crippen molar-refractivity contribution < 1.29 is 39.5 Å². The maximum atomic E-state index is 12.5. The van der Waals surface area contributed by atoms with Crippen molar-refractivity contribution in [3.63, 3.8) is 0 Å². The zero-order chi connectivity index (χ0) is 43.3. The molecule has 0 aliphatic heterocycles. The third-order valence-electron chi connectivity index (χ3n) is 10.3. The summed E-state index contributed by atoms with van der Waals surface area (Å²) in [6.45, 7) is 1.72. The number of fused-ring (bicyclic) bond motifs is 4. The molecule has 1 radical (unpaired) electrons. The van der Waals surface area contributed by atoms with E-state index < -0.39 is 0 Å². The van der Waals surface area contributed by atoms with Crippen LogP contribution in [0.25, 0.3) is 60.7 Å². The van der Waals surface area contributed by atoms with Crippen LogP contribution in [0.4, 0.5) is 0 Å². The molecule has 11 aromatic rings. The Balaban J connectivity index is 0.000000143. The van der Waals surface area contributed by atoms with Crippen LogP contribution in [-0.4, -0.2) is 64.9 Å². The van der Waals surface area contributed by atoms with Crippen molar-refractivity contribution in [1.29, 1.82) is 0 Å². The number of ketones is 1. The van der Waals surface area contributed by atoms with E-state index >= 15 is 0 Å². The Morgan fingerprint density at radius 3 is 1.31 bits per heavy atom. The Morgan fingerprint density at radius 1 is 0.523 bits per heavy atom. The van der Waals surface area contributed by atoms with Crippen molar-refractivity contribution in [1.82, 2.24) is 39.8 Å². The maximum absolute atomic E-state index is 12.5. The van der Waals surface area contributed by atoms with E-state index in [1.807, 2.05) is 146 Å². The Kier molecular flexibility index (Phi) is 13.9. The van der Waals surface area contributed by atoms with Crippen molar-refractivity contribution >= 4 is 49.4 Å². The van der Waals surface area contributed by atoms with Gasteiger partial charge < -0.3 is 14.6 Å². The first-order valence-electron chi connectivity index (χ1n) is 20.0. The Labute approximate surface area is 388 Å². The number of nitrogens with zero attached hydrogens (tertiary/aromatic N) is 8. The van der Waals surface area contributed by atoms with E-state index in [0.717, 1.165) is 66.5 Å². The van der Waals surface area contributed by atoms with Crippen LogP contribution < -0.4 is 9.47 Å². The van der Waals surface area contributed by atoms with Crippen molar-refractivity contribution in [2.45, 2.75) is 14.4 Å². The summed E-state index contributed by atoms with van der Waals surface area (Å²) in [5.74, 6) is 1.23. The number of carbonyl (C=O) groups excluding carboxylic acids is 1. The molecule has 325 valence electrons.